The van der Waals surface area contributed by atoms with Crippen LogP contribution < -0.4 is 16.4 Å². The van der Waals surface area contributed by atoms with Gasteiger partial charge >= 0.3 is 0 Å². The summed E-state index contributed by atoms with van der Waals surface area (Å²) in [5, 5.41) is 50.5. The number of benzene rings is 1. The van der Waals surface area contributed by atoms with Crippen LogP contribution in [0, 0.1) is 11.8 Å². The van der Waals surface area contributed by atoms with Crippen LogP contribution in [-0.2, 0) is 20.8 Å². The molecule has 12 heteroatoms. The van der Waals surface area contributed by atoms with E-state index in [9.17, 15) is 39.6 Å². The molecular formula is C29H38N4O8. The maximum atomic E-state index is 13.7. The Morgan fingerprint density at radius 1 is 1.12 bits per heavy atom. The first-order valence-electron chi connectivity index (χ1n) is 13.9. The van der Waals surface area contributed by atoms with Crippen LogP contribution in [0.15, 0.2) is 34.8 Å². The number of fused-ring (bicyclic) bond motifs is 3. The number of hydrogen-bond donors (Lipinski definition) is 7. The molecule has 41 heavy (non-hydrogen) atoms. The number of carbonyl (C=O) groups excluding carboxylic acids is 4. The van der Waals surface area contributed by atoms with E-state index < -0.39 is 69.7 Å². The summed E-state index contributed by atoms with van der Waals surface area (Å²) in [7, 11) is 3.15. The van der Waals surface area contributed by atoms with E-state index in [0.717, 1.165) is 25.7 Å². The van der Waals surface area contributed by atoms with Gasteiger partial charge in [-0.15, -0.1) is 0 Å². The molecule has 0 fully saturated rings. The number of allylic oxidation sites excluding steroid dienone is 1. The zero-order valence-electron chi connectivity index (χ0n) is 23.5. The largest absolute Gasteiger partial charge is 0.510 e. The lowest BCUT2D eigenvalue weighted by atomic mass is 9.58. The van der Waals surface area contributed by atoms with E-state index in [2.05, 4.69) is 17.6 Å². The third-order valence-corrected chi connectivity index (χ3v) is 8.36. The first-order chi connectivity index (χ1) is 19.4. The van der Waals surface area contributed by atoms with Gasteiger partial charge in [0.15, 0.2) is 17.1 Å². The first-order valence-corrected chi connectivity index (χ1v) is 13.9. The van der Waals surface area contributed by atoms with Gasteiger partial charge in [0.2, 0.25) is 11.7 Å². The van der Waals surface area contributed by atoms with Gasteiger partial charge < -0.3 is 36.8 Å². The normalized spacial score (nSPS) is 25.6. The SMILES string of the molecule is CCCCCCNCC(=O)Nc1ccc2c(c1O)C(=O)C1=C(O)C3(O)C(=O)C(C(N)=O)=C(O)[C@@H](N(C)C)C3CC1C2. The number of unbranched alkanes of at least 4 members (excludes halogenated alkanes) is 3. The number of carbonyl (C=O) groups is 4. The van der Waals surface area contributed by atoms with Gasteiger partial charge in [-0.1, -0.05) is 32.3 Å². The molecule has 2 amide bonds. The number of ketones is 2. The zero-order chi connectivity index (χ0) is 30.2. The molecule has 3 aliphatic rings. The molecule has 0 aromatic heterocycles. The van der Waals surface area contributed by atoms with Crippen LogP contribution in [0.25, 0.3) is 0 Å². The molecule has 0 radical (unpaired) electrons. The van der Waals surface area contributed by atoms with E-state index >= 15 is 0 Å². The lowest BCUT2D eigenvalue weighted by molar-refractivity contribution is -0.148. The van der Waals surface area contributed by atoms with Crippen LogP contribution in [0.5, 0.6) is 5.75 Å². The summed E-state index contributed by atoms with van der Waals surface area (Å²) in [5.41, 5.74) is 1.86. The molecule has 0 heterocycles. The number of nitrogens with one attached hydrogen (secondary N) is 2. The standard InChI is InChI=1S/C29H38N4O8/c1-4-5-6-7-10-31-13-18(34)32-17-9-8-14-11-15-12-16-22(33(2)3)25(37)21(28(30)40)27(39)29(16,41)26(38)20(15)24(36)19(14)23(17)35/h8-9,15-16,22,31,35,37-38,41H,4-7,10-13H2,1-3H3,(H2,30,40)(H,32,34)/t15?,16?,22-,29?/m0/s1. The predicted molar refractivity (Wildman–Crippen MR) is 149 cm³/mol. The number of aromatic hydroxyl groups is 1. The van der Waals surface area contributed by atoms with Crippen molar-refractivity contribution in [2.75, 3.05) is 32.5 Å². The van der Waals surface area contributed by atoms with Crippen LogP contribution >= 0.6 is 0 Å². The molecule has 0 spiro atoms. The van der Waals surface area contributed by atoms with E-state index in [0.29, 0.717) is 12.1 Å². The summed E-state index contributed by atoms with van der Waals surface area (Å²) >= 11 is 0. The number of nitrogens with zero attached hydrogens (tertiary/aromatic N) is 1. The van der Waals surface area contributed by atoms with Crippen molar-refractivity contribution in [3.63, 3.8) is 0 Å². The molecule has 0 bridgehead atoms. The van der Waals surface area contributed by atoms with Crippen molar-refractivity contribution >= 4 is 29.1 Å². The fourth-order valence-electron chi connectivity index (χ4n) is 6.40. The summed E-state index contributed by atoms with van der Waals surface area (Å²) in [6.45, 7) is 2.79. The molecule has 1 aromatic carbocycles. The summed E-state index contributed by atoms with van der Waals surface area (Å²) < 4.78 is 0. The number of Topliss-reactive ketones (excluding diaryl/α,β-unsaturated/α-hetero) is 2. The van der Waals surface area contributed by atoms with Gasteiger partial charge in [0.05, 0.1) is 23.8 Å². The van der Waals surface area contributed by atoms with Crippen molar-refractivity contribution < 1.29 is 39.6 Å². The number of aliphatic hydroxyl groups is 3. The molecule has 0 saturated carbocycles. The molecule has 0 saturated heterocycles. The van der Waals surface area contributed by atoms with E-state index in [1.54, 1.807) is 20.2 Å². The fraction of sp³-hybridized carbons (Fsp3) is 0.517. The van der Waals surface area contributed by atoms with Crippen LogP contribution in [0.4, 0.5) is 5.69 Å². The van der Waals surface area contributed by atoms with Crippen LogP contribution in [0.2, 0.25) is 0 Å². The topological polar surface area (TPSA) is 203 Å². The third-order valence-electron chi connectivity index (χ3n) is 8.36. The van der Waals surface area contributed by atoms with Crippen molar-refractivity contribution in [3.8, 4) is 5.75 Å². The Hall–Kier alpha value is -3.74. The lowest BCUT2D eigenvalue weighted by Crippen LogP contribution is -2.63. The number of aliphatic hydroxyl groups excluding tert-OH is 2. The number of phenols is 1. The van der Waals surface area contributed by atoms with Crippen molar-refractivity contribution in [1.29, 1.82) is 0 Å². The van der Waals surface area contributed by atoms with E-state index in [-0.39, 0.29) is 36.2 Å². The Morgan fingerprint density at radius 2 is 1.83 bits per heavy atom. The second-order valence-electron chi connectivity index (χ2n) is 11.2. The number of phenolic OH excluding ortho intramolecular Hbond substituents is 1. The minimum atomic E-state index is -2.70. The summed E-state index contributed by atoms with van der Waals surface area (Å²) in [6.07, 6.45) is 4.40. The van der Waals surface area contributed by atoms with Gasteiger partial charge in [-0.05, 0) is 57.5 Å². The molecule has 4 rings (SSSR count). The molecule has 12 nitrogen and oxygen atoms in total. The van der Waals surface area contributed by atoms with Gasteiger partial charge in [-0.3, -0.25) is 24.1 Å². The van der Waals surface area contributed by atoms with Crippen molar-refractivity contribution in [1.82, 2.24) is 10.2 Å². The highest BCUT2D eigenvalue weighted by atomic mass is 16.3. The number of rotatable bonds is 10. The molecule has 3 aliphatic carbocycles. The number of likely N-dealkylation sites (N-methyl/N-ethyl adjacent to an activating group) is 1. The Kier molecular flexibility index (Phi) is 8.57. The number of hydrogen-bond acceptors (Lipinski definition) is 10. The number of nitrogens with two attached hydrogens (primary N) is 1. The molecule has 1 aromatic rings. The average Bonchev–Trinajstić information content (AvgIpc) is 2.89. The highest BCUT2D eigenvalue weighted by molar-refractivity contribution is 6.25. The lowest BCUT2D eigenvalue weighted by Gasteiger charge is -2.50. The maximum absolute atomic E-state index is 13.7. The molecular weight excluding hydrogens is 532 g/mol. The van der Waals surface area contributed by atoms with E-state index in [1.807, 2.05) is 0 Å². The zero-order valence-corrected chi connectivity index (χ0v) is 23.5. The van der Waals surface area contributed by atoms with Gasteiger partial charge in [-0.2, -0.15) is 0 Å². The second-order valence-corrected chi connectivity index (χ2v) is 11.2. The molecule has 3 unspecified atom stereocenters. The van der Waals surface area contributed by atoms with Crippen molar-refractivity contribution in [2.24, 2.45) is 17.6 Å². The quantitative estimate of drug-likeness (QED) is 0.122. The minimum absolute atomic E-state index is 0.00565. The van der Waals surface area contributed by atoms with Crippen LogP contribution in [0.1, 0.15) is 54.9 Å². The van der Waals surface area contributed by atoms with E-state index in [4.69, 9.17) is 5.73 Å². The van der Waals surface area contributed by atoms with Crippen molar-refractivity contribution in [2.45, 2.75) is 57.1 Å². The average molecular weight is 571 g/mol. The third kappa shape index (κ3) is 5.11. The van der Waals surface area contributed by atoms with Crippen molar-refractivity contribution in [3.05, 3.63) is 45.9 Å². The number of primary amides is 1. The Labute approximate surface area is 237 Å². The smallest absolute Gasteiger partial charge is 0.255 e. The highest BCUT2D eigenvalue weighted by Crippen LogP contribution is 2.52. The van der Waals surface area contributed by atoms with Gasteiger partial charge in [0, 0.05) is 11.5 Å². The number of anilines is 1. The summed E-state index contributed by atoms with van der Waals surface area (Å²) in [5.74, 6) is -7.58. The molecule has 0 aliphatic heterocycles. The summed E-state index contributed by atoms with van der Waals surface area (Å²) in [4.78, 5) is 53.1. The van der Waals surface area contributed by atoms with Crippen LogP contribution in [-0.4, -0.2) is 87.5 Å². The Balaban J connectivity index is 1.66. The maximum Gasteiger partial charge on any atom is 0.255 e. The summed E-state index contributed by atoms with van der Waals surface area (Å²) in [6, 6.07) is 2.05. The number of amides is 2. The fourth-order valence-corrected chi connectivity index (χ4v) is 6.40. The van der Waals surface area contributed by atoms with Gasteiger partial charge in [0.25, 0.3) is 5.91 Å². The van der Waals surface area contributed by atoms with E-state index in [1.165, 1.54) is 11.0 Å². The van der Waals surface area contributed by atoms with Gasteiger partial charge in [0.1, 0.15) is 17.1 Å². The molecule has 4 atom stereocenters. The monoisotopic (exact) mass is 570 g/mol. The van der Waals surface area contributed by atoms with Crippen LogP contribution in [0.3, 0.4) is 0 Å². The second kappa shape index (κ2) is 11.6. The predicted octanol–water partition coefficient (Wildman–Crippen LogP) is 1.23. The Bertz CT molecular complexity index is 1350. The first kappa shape index (κ1) is 30.2. The molecule has 8 N–H and O–H groups in total. The van der Waals surface area contributed by atoms with Gasteiger partial charge in [-0.25, -0.2) is 0 Å². The highest BCUT2D eigenvalue weighted by Gasteiger charge is 2.63. The molecule has 222 valence electrons. The minimum Gasteiger partial charge on any atom is -0.510 e. The Morgan fingerprint density at radius 3 is 2.46 bits per heavy atom.